The molecule has 110 valence electrons. The van der Waals surface area contributed by atoms with Crippen LogP contribution in [0.1, 0.15) is 43.5 Å². The number of benzene rings is 1. The molecule has 1 aromatic carbocycles. The summed E-state index contributed by atoms with van der Waals surface area (Å²) in [6.45, 7) is 3.76. The lowest BCUT2D eigenvalue weighted by atomic mass is 10.1. The molecule has 0 bridgehead atoms. The minimum absolute atomic E-state index is 0.180. The third kappa shape index (κ3) is 3.97. The Kier molecular flexibility index (Phi) is 5.54. The molecule has 1 N–H and O–H groups in total. The molecule has 0 aliphatic heterocycles. The first-order valence-electron chi connectivity index (χ1n) is 6.31. The summed E-state index contributed by atoms with van der Waals surface area (Å²) in [7, 11) is 0. The molecule has 5 nitrogen and oxygen atoms in total. The van der Waals surface area contributed by atoms with Crippen LogP contribution in [0.3, 0.4) is 0 Å². The Morgan fingerprint density at radius 1 is 1.40 bits per heavy atom. The van der Waals surface area contributed by atoms with Gasteiger partial charge in [-0.25, -0.2) is 4.39 Å². The second kappa shape index (κ2) is 6.93. The van der Waals surface area contributed by atoms with Crippen molar-refractivity contribution in [3.05, 3.63) is 39.4 Å². The van der Waals surface area contributed by atoms with Crippen molar-refractivity contribution in [2.24, 2.45) is 0 Å². The number of nitrogens with one attached hydrogen (secondary N) is 1. The predicted octanol–water partition coefficient (Wildman–Crippen LogP) is 3.18. The summed E-state index contributed by atoms with van der Waals surface area (Å²) in [5.74, 6) is -3.12. The first-order chi connectivity index (χ1) is 9.36. The number of hydrogen-bond donors (Lipinski definition) is 1. The summed E-state index contributed by atoms with van der Waals surface area (Å²) in [5.41, 5.74) is -1.52. The van der Waals surface area contributed by atoms with E-state index >= 15 is 0 Å². The average Bonchev–Trinajstić information content (AvgIpc) is 2.38. The van der Waals surface area contributed by atoms with Crippen LogP contribution in [-0.4, -0.2) is 16.9 Å². The van der Waals surface area contributed by atoms with Crippen LogP contribution in [-0.2, 0) is 0 Å². The van der Waals surface area contributed by atoms with Crippen molar-refractivity contribution in [3.63, 3.8) is 0 Å². The SMILES string of the molecule is CCCCC(C)NC(=O)c1cc(F)c([N+](=O)[O-])cc1F. The van der Waals surface area contributed by atoms with E-state index in [1.165, 1.54) is 0 Å². The summed E-state index contributed by atoms with van der Waals surface area (Å²) >= 11 is 0. The molecule has 0 aromatic heterocycles. The molecule has 0 spiro atoms. The van der Waals surface area contributed by atoms with E-state index in [4.69, 9.17) is 0 Å². The van der Waals surface area contributed by atoms with Gasteiger partial charge in [-0.1, -0.05) is 19.8 Å². The maximum atomic E-state index is 13.6. The summed E-state index contributed by atoms with van der Waals surface area (Å²) in [4.78, 5) is 21.2. The van der Waals surface area contributed by atoms with Crippen LogP contribution in [0.25, 0.3) is 0 Å². The highest BCUT2D eigenvalue weighted by molar-refractivity contribution is 5.94. The molecule has 0 aliphatic carbocycles. The van der Waals surface area contributed by atoms with Gasteiger partial charge in [-0.2, -0.15) is 4.39 Å². The van der Waals surface area contributed by atoms with Crippen LogP contribution in [0.2, 0.25) is 0 Å². The molecular weight excluding hydrogens is 270 g/mol. The Balaban J connectivity index is 2.89. The van der Waals surface area contributed by atoms with E-state index in [0.717, 1.165) is 19.3 Å². The van der Waals surface area contributed by atoms with Crippen LogP contribution >= 0.6 is 0 Å². The number of carbonyl (C=O) groups is 1. The zero-order valence-electron chi connectivity index (χ0n) is 11.3. The summed E-state index contributed by atoms with van der Waals surface area (Å²) in [6, 6.07) is 0.788. The van der Waals surface area contributed by atoms with Gasteiger partial charge in [-0.3, -0.25) is 14.9 Å². The molecule has 7 heteroatoms. The number of hydrogen-bond acceptors (Lipinski definition) is 3. The van der Waals surface area contributed by atoms with E-state index in [1.807, 2.05) is 6.92 Å². The van der Waals surface area contributed by atoms with Gasteiger partial charge in [0.05, 0.1) is 16.6 Å². The molecule has 0 saturated heterocycles. The summed E-state index contributed by atoms with van der Waals surface area (Å²) in [5, 5.41) is 13.0. The monoisotopic (exact) mass is 286 g/mol. The number of nitrogens with zero attached hydrogens (tertiary/aromatic N) is 1. The van der Waals surface area contributed by atoms with Crippen molar-refractivity contribution in [2.75, 3.05) is 0 Å². The van der Waals surface area contributed by atoms with Crippen molar-refractivity contribution < 1.29 is 18.5 Å². The van der Waals surface area contributed by atoms with Crippen molar-refractivity contribution in [1.29, 1.82) is 0 Å². The molecule has 20 heavy (non-hydrogen) atoms. The fourth-order valence-electron chi connectivity index (χ4n) is 1.73. The summed E-state index contributed by atoms with van der Waals surface area (Å²) < 4.78 is 27.0. The smallest absolute Gasteiger partial charge is 0.307 e. The first-order valence-corrected chi connectivity index (χ1v) is 6.31. The van der Waals surface area contributed by atoms with E-state index < -0.39 is 33.7 Å². The molecule has 0 radical (unpaired) electrons. The molecule has 1 aromatic rings. The van der Waals surface area contributed by atoms with Gasteiger partial charge >= 0.3 is 5.69 Å². The van der Waals surface area contributed by atoms with Gasteiger partial charge in [0.25, 0.3) is 5.91 Å². The molecule has 0 saturated carbocycles. The molecule has 1 atom stereocenters. The lowest BCUT2D eigenvalue weighted by Gasteiger charge is -2.13. The third-order valence-corrected chi connectivity index (χ3v) is 2.85. The fourth-order valence-corrected chi connectivity index (χ4v) is 1.73. The highest BCUT2D eigenvalue weighted by atomic mass is 19.1. The van der Waals surface area contributed by atoms with Crippen molar-refractivity contribution in [3.8, 4) is 0 Å². The normalized spacial score (nSPS) is 12.0. The third-order valence-electron chi connectivity index (χ3n) is 2.85. The van der Waals surface area contributed by atoms with Crippen LogP contribution < -0.4 is 5.32 Å². The van der Waals surface area contributed by atoms with Crippen molar-refractivity contribution in [2.45, 2.75) is 39.2 Å². The quantitative estimate of drug-likeness (QED) is 0.644. The molecule has 1 rings (SSSR count). The van der Waals surface area contributed by atoms with E-state index in [9.17, 15) is 23.7 Å². The zero-order valence-corrected chi connectivity index (χ0v) is 11.3. The number of amides is 1. The fraction of sp³-hybridized carbons (Fsp3) is 0.462. The Morgan fingerprint density at radius 2 is 2.05 bits per heavy atom. The van der Waals surface area contributed by atoms with Crippen molar-refractivity contribution >= 4 is 11.6 Å². The standard InChI is InChI=1S/C13H16F2N2O3/c1-3-4-5-8(2)16-13(18)9-6-11(15)12(17(19)20)7-10(9)14/h6-8H,3-5H2,1-2H3,(H,16,18). The van der Waals surface area contributed by atoms with Crippen LogP contribution in [0.4, 0.5) is 14.5 Å². The van der Waals surface area contributed by atoms with E-state index in [-0.39, 0.29) is 6.04 Å². The second-order valence-corrected chi connectivity index (χ2v) is 4.56. The van der Waals surface area contributed by atoms with E-state index in [2.05, 4.69) is 5.32 Å². The molecule has 0 aliphatic rings. The highest BCUT2D eigenvalue weighted by Crippen LogP contribution is 2.21. The van der Waals surface area contributed by atoms with Gasteiger partial charge in [0.2, 0.25) is 5.82 Å². The van der Waals surface area contributed by atoms with Gasteiger partial charge in [0, 0.05) is 6.04 Å². The van der Waals surface area contributed by atoms with Crippen LogP contribution in [0.5, 0.6) is 0 Å². The topological polar surface area (TPSA) is 72.2 Å². The Bertz CT molecular complexity index is 521. The first kappa shape index (κ1) is 16.0. The Hall–Kier alpha value is -2.05. The van der Waals surface area contributed by atoms with Gasteiger partial charge < -0.3 is 5.32 Å². The minimum Gasteiger partial charge on any atom is -0.349 e. The van der Waals surface area contributed by atoms with Gasteiger partial charge in [0.1, 0.15) is 5.82 Å². The number of nitro groups is 1. The van der Waals surface area contributed by atoms with Crippen molar-refractivity contribution in [1.82, 2.24) is 5.32 Å². The van der Waals surface area contributed by atoms with Gasteiger partial charge in [0.15, 0.2) is 0 Å². The molecular formula is C13H16F2N2O3. The molecule has 0 fully saturated rings. The second-order valence-electron chi connectivity index (χ2n) is 4.56. The lowest BCUT2D eigenvalue weighted by Crippen LogP contribution is -2.33. The summed E-state index contributed by atoms with van der Waals surface area (Å²) in [6.07, 6.45) is 2.58. The number of rotatable bonds is 6. The van der Waals surface area contributed by atoms with Gasteiger partial charge in [-0.05, 0) is 19.4 Å². The maximum absolute atomic E-state index is 13.6. The van der Waals surface area contributed by atoms with E-state index in [0.29, 0.717) is 12.1 Å². The average molecular weight is 286 g/mol. The largest absolute Gasteiger partial charge is 0.349 e. The Morgan fingerprint density at radius 3 is 2.60 bits per heavy atom. The molecule has 0 heterocycles. The molecule has 1 unspecified atom stereocenters. The Labute approximate surface area is 115 Å². The maximum Gasteiger partial charge on any atom is 0.307 e. The zero-order chi connectivity index (χ0) is 15.3. The van der Waals surface area contributed by atoms with Crippen LogP contribution in [0, 0.1) is 21.7 Å². The molecule has 1 amide bonds. The number of halogens is 2. The van der Waals surface area contributed by atoms with Gasteiger partial charge in [-0.15, -0.1) is 0 Å². The lowest BCUT2D eigenvalue weighted by molar-refractivity contribution is -0.387. The van der Waals surface area contributed by atoms with Crippen LogP contribution in [0.15, 0.2) is 12.1 Å². The predicted molar refractivity (Wildman–Crippen MR) is 69.5 cm³/mol. The number of carbonyl (C=O) groups excluding carboxylic acids is 1. The highest BCUT2D eigenvalue weighted by Gasteiger charge is 2.22. The number of unbranched alkanes of at least 4 members (excludes halogenated alkanes) is 1. The number of nitro benzene ring substituents is 1. The van der Waals surface area contributed by atoms with E-state index in [1.54, 1.807) is 6.92 Å². The minimum atomic E-state index is -1.23.